The number of hydrogen-bond acceptors (Lipinski definition) is 6. The van der Waals surface area contributed by atoms with Gasteiger partial charge in [0.05, 0.1) is 0 Å². The molecular weight excluding hydrogens is 322 g/mol. The van der Waals surface area contributed by atoms with Crippen molar-refractivity contribution >= 4 is 21.5 Å². The lowest BCUT2D eigenvalue weighted by atomic mass is 9.60. The fourth-order valence-electron chi connectivity index (χ4n) is 2.70. The summed E-state index contributed by atoms with van der Waals surface area (Å²) in [7, 11) is 2.62. The van der Waals surface area contributed by atoms with E-state index in [4.69, 9.17) is 10.5 Å². The van der Waals surface area contributed by atoms with Crippen molar-refractivity contribution in [2.24, 2.45) is 0 Å². The van der Waals surface area contributed by atoms with Crippen LogP contribution in [0.4, 0.5) is 14.6 Å². The largest absolute Gasteiger partial charge is 0.405 e. The molecule has 0 aliphatic carbocycles. The maximum atomic E-state index is 15.4. The van der Waals surface area contributed by atoms with Crippen LogP contribution in [-0.2, 0) is 4.74 Å². The smallest absolute Gasteiger partial charge is 0.351 e. The molecule has 2 rings (SSSR count). The number of nitrogens with zero attached hydrogens (tertiary/aromatic N) is 2. The number of hydrogen-bond donors (Lipinski definition) is 3. The molecule has 0 radical (unpaired) electrons. The van der Waals surface area contributed by atoms with E-state index in [1.165, 1.54) is 28.7 Å². The van der Waals surface area contributed by atoms with E-state index in [0.29, 0.717) is 0 Å². The maximum absolute atomic E-state index is 15.4. The summed E-state index contributed by atoms with van der Waals surface area (Å²) in [5, 5.41) is 18.8. The van der Waals surface area contributed by atoms with Gasteiger partial charge in [-0.25, -0.2) is 13.6 Å². The van der Waals surface area contributed by atoms with Gasteiger partial charge in [0.15, 0.2) is 6.23 Å². The second kappa shape index (κ2) is 6.20. The standard InChI is InChI=1S/C13H17B2F2N3O4/c1-6-5-7(18)19-11(22)20(6)10-12(17,3-2-4-16)8(21)9(24-10)13(14,15)23/h5,8-10,21,23H,4,14-15H2,1H3,(H2,18,19,22)/t8?,9?,10-,12-/m1/s1. The molecule has 128 valence electrons. The highest BCUT2D eigenvalue weighted by Crippen LogP contribution is 2.43. The molecule has 1 aliphatic rings. The van der Waals surface area contributed by atoms with E-state index in [9.17, 15) is 19.4 Å². The highest BCUT2D eigenvalue weighted by molar-refractivity contribution is 6.39. The predicted molar refractivity (Wildman–Crippen MR) is 87.2 cm³/mol. The van der Waals surface area contributed by atoms with E-state index in [1.54, 1.807) is 0 Å². The Balaban J connectivity index is 2.64. The van der Waals surface area contributed by atoms with Crippen LogP contribution >= 0.6 is 0 Å². The fraction of sp³-hybridized carbons (Fsp3) is 0.538. The van der Waals surface area contributed by atoms with Crippen molar-refractivity contribution in [3.63, 3.8) is 0 Å². The number of halogens is 2. The minimum absolute atomic E-state index is 0.0642. The second-order valence-electron chi connectivity index (χ2n) is 6.19. The lowest BCUT2D eigenvalue weighted by molar-refractivity contribution is -0.0772. The van der Waals surface area contributed by atoms with Crippen molar-refractivity contribution < 1.29 is 23.7 Å². The van der Waals surface area contributed by atoms with Gasteiger partial charge in [0.1, 0.15) is 40.4 Å². The molecule has 1 aromatic heterocycles. The highest BCUT2D eigenvalue weighted by Gasteiger charge is 2.61. The van der Waals surface area contributed by atoms with Crippen molar-refractivity contribution in [2.75, 3.05) is 12.4 Å². The minimum Gasteiger partial charge on any atom is -0.405 e. The molecule has 1 aromatic rings. The molecule has 24 heavy (non-hydrogen) atoms. The molecule has 2 heterocycles. The van der Waals surface area contributed by atoms with Gasteiger partial charge in [-0.1, -0.05) is 11.8 Å². The number of aryl methyl sites for hydroxylation is 1. The Hall–Kier alpha value is -1.89. The lowest BCUT2D eigenvalue weighted by Crippen LogP contribution is -2.52. The summed E-state index contributed by atoms with van der Waals surface area (Å²) in [4.78, 5) is 15.6. The number of aromatic nitrogens is 2. The summed E-state index contributed by atoms with van der Waals surface area (Å²) in [5.74, 6) is 3.83. The summed E-state index contributed by atoms with van der Waals surface area (Å²) in [6.45, 7) is 0.321. The number of ether oxygens (including phenoxy) is 1. The second-order valence-corrected chi connectivity index (χ2v) is 6.19. The fourth-order valence-corrected chi connectivity index (χ4v) is 2.70. The van der Waals surface area contributed by atoms with Crippen LogP contribution in [0.5, 0.6) is 0 Å². The van der Waals surface area contributed by atoms with Crippen LogP contribution in [0.25, 0.3) is 0 Å². The SMILES string of the molecule is BC(B)(O)C1O[C@@H](n2c(C)cc(N)nc2=O)[C@@](F)(C#CCF)C1O. The van der Waals surface area contributed by atoms with Crippen LogP contribution in [0, 0.1) is 18.8 Å². The Labute approximate surface area is 138 Å². The van der Waals surface area contributed by atoms with E-state index in [0.717, 1.165) is 4.57 Å². The van der Waals surface area contributed by atoms with Gasteiger partial charge in [-0.05, 0) is 13.0 Å². The third-order valence-electron chi connectivity index (χ3n) is 3.80. The van der Waals surface area contributed by atoms with E-state index in [2.05, 4.69) is 4.98 Å². The molecule has 1 aliphatic heterocycles. The number of anilines is 1. The van der Waals surface area contributed by atoms with Gasteiger partial charge in [0.2, 0.25) is 5.67 Å². The van der Waals surface area contributed by atoms with Crippen molar-refractivity contribution in [1.82, 2.24) is 9.55 Å². The molecule has 2 unspecified atom stereocenters. The van der Waals surface area contributed by atoms with Gasteiger partial charge < -0.3 is 20.7 Å². The highest BCUT2D eigenvalue weighted by atomic mass is 19.1. The Morgan fingerprint density at radius 2 is 2.25 bits per heavy atom. The quantitative estimate of drug-likeness (QED) is 0.391. The van der Waals surface area contributed by atoms with E-state index in [-0.39, 0.29) is 11.5 Å². The van der Waals surface area contributed by atoms with Gasteiger partial charge in [-0.2, -0.15) is 4.98 Å². The molecule has 7 nitrogen and oxygen atoms in total. The summed E-state index contributed by atoms with van der Waals surface area (Å²) in [5.41, 5.74) is 1.96. The molecule has 0 aromatic carbocycles. The Bertz CT molecular complexity index is 758. The summed E-state index contributed by atoms with van der Waals surface area (Å²) >= 11 is 0. The molecule has 1 fully saturated rings. The van der Waals surface area contributed by atoms with Gasteiger partial charge in [-0.3, -0.25) is 4.57 Å². The number of nitrogen functional groups attached to an aromatic ring is 1. The average molecular weight is 339 g/mol. The van der Waals surface area contributed by atoms with Crippen molar-refractivity contribution in [1.29, 1.82) is 0 Å². The Kier molecular flexibility index (Phi) is 4.77. The first kappa shape index (κ1) is 18.4. The zero-order valence-electron chi connectivity index (χ0n) is 13.5. The Morgan fingerprint density at radius 1 is 1.62 bits per heavy atom. The number of aliphatic hydroxyl groups excluding tert-OH is 1. The summed E-state index contributed by atoms with van der Waals surface area (Å²) < 4.78 is 34.1. The average Bonchev–Trinajstić information content (AvgIpc) is 2.69. The molecule has 11 heteroatoms. The molecule has 0 saturated carbocycles. The molecule has 4 N–H and O–H groups in total. The van der Waals surface area contributed by atoms with Crippen molar-refractivity contribution in [3.05, 3.63) is 22.2 Å². The van der Waals surface area contributed by atoms with Crippen LogP contribution < -0.4 is 11.4 Å². The number of nitrogens with two attached hydrogens (primary N) is 1. The number of alkyl halides is 2. The van der Waals surface area contributed by atoms with Crippen LogP contribution in [-0.4, -0.2) is 65.4 Å². The van der Waals surface area contributed by atoms with E-state index >= 15 is 4.39 Å². The van der Waals surface area contributed by atoms with Crippen molar-refractivity contribution in [3.8, 4) is 11.8 Å². The third-order valence-corrected chi connectivity index (χ3v) is 3.80. The van der Waals surface area contributed by atoms with Crippen LogP contribution in [0.15, 0.2) is 10.9 Å². The van der Waals surface area contributed by atoms with Crippen LogP contribution in [0.1, 0.15) is 11.9 Å². The number of aliphatic hydroxyl groups is 2. The van der Waals surface area contributed by atoms with E-state index < -0.39 is 41.9 Å². The first-order valence-corrected chi connectivity index (χ1v) is 7.19. The normalized spacial score (nSPS) is 30.0. The van der Waals surface area contributed by atoms with Crippen molar-refractivity contribution in [2.45, 2.75) is 36.4 Å². The predicted octanol–water partition coefficient (Wildman–Crippen LogP) is -3.01. The monoisotopic (exact) mass is 339 g/mol. The summed E-state index contributed by atoms with van der Waals surface area (Å²) in [6.07, 6.45) is -5.03. The molecule has 0 amide bonds. The molecule has 4 atom stereocenters. The molecule has 0 spiro atoms. The van der Waals surface area contributed by atoms with Gasteiger partial charge >= 0.3 is 5.69 Å². The Morgan fingerprint density at radius 3 is 2.75 bits per heavy atom. The topological polar surface area (TPSA) is 111 Å². The zero-order chi connectivity index (χ0) is 18.3. The first-order chi connectivity index (χ1) is 11.0. The first-order valence-electron chi connectivity index (χ1n) is 7.19. The van der Waals surface area contributed by atoms with Gasteiger partial charge in [0.25, 0.3) is 0 Å². The maximum Gasteiger partial charge on any atom is 0.351 e. The summed E-state index contributed by atoms with van der Waals surface area (Å²) in [6, 6.07) is 1.32. The van der Waals surface area contributed by atoms with Crippen LogP contribution in [0.3, 0.4) is 0 Å². The van der Waals surface area contributed by atoms with Crippen LogP contribution in [0.2, 0.25) is 0 Å². The number of rotatable bonds is 2. The van der Waals surface area contributed by atoms with E-state index in [1.807, 2.05) is 11.8 Å². The van der Waals surface area contributed by atoms with Gasteiger partial charge in [0, 0.05) is 11.1 Å². The molecular formula is C13H17B2F2N3O4. The minimum atomic E-state index is -2.82. The zero-order valence-corrected chi connectivity index (χ0v) is 13.5. The molecule has 0 bridgehead atoms. The molecule has 1 saturated heterocycles. The lowest BCUT2D eigenvalue weighted by Gasteiger charge is -2.28. The van der Waals surface area contributed by atoms with Gasteiger partial charge in [-0.15, -0.1) is 0 Å². The third kappa shape index (κ3) is 3.04.